The second kappa shape index (κ2) is 14.7. The number of benzene rings is 4. The third-order valence-corrected chi connectivity index (χ3v) is 8.20. The Hall–Kier alpha value is -3.69. The number of halogens is 1. The fourth-order valence-electron chi connectivity index (χ4n) is 5.01. The van der Waals surface area contributed by atoms with Gasteiger partial charge in [0.25, 0.3) is 10.1 Å². The molecule has 226 valence electrons. The number of ether oxygens (including phenoxy) is 1. The predicted octanol–water partition coefficient (Wildman–Crippen LogP) is 7.07. The van der Waals surface area contributed by atoms with Crippen LogP contribution in [0.2, 0.25) is 5.02 Å². The van der Waals surface area contributed by atoms with Gasteiger partial charge in [0.1, 0.15) is 11.5 Å². The quantitative estimate of drug-likeness (QED) is 0.212. The van der Waals surface area contributed by atoms with E-state index in [9.17, 15) is 13.2 Å². The molecule has 1 atom stereocenters. The highest BCUT2D eigenvalue weighted by Gasteiger charge is 2.28. The van der Waals surface area contributed by atoms with E-state index < -0.39 is 10.1 Å². The van der Waals surface area contributed by atoms with Crippen LogP contribution in [-0.2, 0) is 27.8 Å². The van der Waals surface area contributed by atoms with E-state index in [0.717, 1.165) is 47.8 Å². The lowest BCUT2D eigenvalue weighted by Gasteiger charge is -2.36. The number of para-hydroxylation sites is 1. The molecule has 0 bridgehead atoms. The molecule has 4 aromatic rings. The number of carbonyl (C=O) groups is 1. The highest BCUT2D eigenvalue weighted by Crippen LogP contribution is 2.31. The molecule has 1 aliphatic heterocycles. The number of aryl methyl sites for hydroxylation is 2. The minimum Gasteiger partial charge on any atom is -0.457 e. The van der Waals surface area contributed by atoms with Crippen LogP contribution in [0.4, 0.5) is 5.69 Å². The van der Waals surface area contributed by atoms with Gasteiger partial charge in [-0.2, -0.15) is 8.42 Å². The minimum absolute atomic E-state index is 0.0666. The lowest BCUT2D eigenvalue weighted by atomic mass is 9.91. The summed E-state index contributed by atoms with van der Waals surface area (Å²) >= 11 is 5.92. The number of hydrogen-bond acceptors (Lipinski definition) is 5. The van der Waals surface area contributed by atoms with Crippen LogP contribution in [0.15, 0.2) is 102 Å². The lowest BCUT2D eigenvalue weighted by Crippen LogP contribution is -2.43. The second-order valence-corrected chi connectivity index (χ2v) is 12.8. The lowest BCUT2D eigenvalue weighted by molar-refractivity contribution is -0.118. The topological polar surface area (TPSA) is 87.2 Å². The van der Waals surface area contributed by atoms with Crippen LogP contribution in [0.3, 0.4) is 0 Å². The molecule has 0 saturated heterocycles. The Kier molecular flexibility index (Phi) is 11.0. The van der Waals surface area contributed by atoms with E-state index in [2.05, 4.69) is 37.2 Å². The zero-order valence-electron chi connectivity index (χ0n) is 24.6. The molecule has 9 heteroatoms. The van der Waals surface area contributed by atoms with Crippen molar-refractivity contribution in [3.63, 3.8) is 0 Å². The predicted molar refractivity (Wildman–Crippen MR) is 172 cm³/mol. The maximum Gasteiger partial charge on any atom is 0.294 e. The van der Waals surface area contributed by atoms with Gasteiger partial charge in [0.15, 0.2) is 0 Å². The third kappa shape index (κ3) is 9.66. The number of anilines is 1. The maximum atomic E-state index is 13.2. The highest BCUT2D eigenvalue weighted by atomic mass is 35.5. The molecule has 0 saturated carbocycles. The van der Waals surface area contributed by atoms with Crippen molar-refractivity contribution in [2.75, 3.05) is 32.1 Å². The van der Waals surface area contributed by atoms with Gasteiger partial charge in [-0.1, -0.05) is 59.6 Å². The molecule has 0 spiro atoms. The number of carbonyl (C=O) groups excluding carboxylic acids is 1. The fraction of sp³-hybridized carbons (Fsp3) is 0.265. The standard InChI is InChI=1S/C27H29ClN2O2.C7H8O3S/c1-29(2)18-21-17-22-5-3-4-6-26(22)30(19-21)27(31)16-9-20-7-12-24(13-8-20)32-25-14-10-23(28)11-15-25;1-6-2-4-7(5-3-6)11(8,9)10/h3-8,10-15,21H,9,16-19H2,1-2H3;2-5H,1H3,(H,8,9,10). The molecule has 1 N–H and O–H groups in total. The summed E-state index contributed by atoms with van der Waals surface area (Å²) in [6.45, 7) is 3.60. The van der Waals surface area contributed by atoms with Crippen molar-refractivity contribution in [3.05, 3.63) is 119 Å². The van der Waals surface area contributed by atoms with Crippen LogP contribution in [0.25, 0.3) is 0 Å². The SMILES string of the molecule is CN(C)CC1Cc2ccccc2N(C(=O)CCc2ccc(Oc3ccc(Cl)cc3)cc2)C1.Cc1ccc(S(=O)(=O)O)cc1. The smallest absolute Gasteiger partial charge is 0.294 e. The molecule has 4 aromatic carbocycles. The summed E-state index contributed by atoms with van der Waals surface area (Å²) in [7, 11) is 0.161. The van der Waals surface area contributed by atoms with Crippen molar-refractivity contribution in [1.29, 1.82) is 0 Å². The molecule has 1 amide bonds. The summed E-state index contributed by atoms with van der Waals surface area (Å²) in [6, 6.07) is 29.5. The second-order valence-electron chi connectivity index (χ2n) is 11.0. The number of nitrogens with zero attached hydrogens (tertiary/aromatic N) is 2. The first-order valence-corrected chi connectivity index (χ1v) is 15.9. The van der Waals surface area contributed by atoms with E-state index in [1.807, 2.05) is 54.3 Å². The van der Waals surface area contributed by atoms with Crippen LogP contribution in [0.1, 0.15) is 23.1 Å². The molecule has 0 aliphatic carbocycles. The normalized spacial score (nSPS) is 14.5. The molecule has 5 rings (SSSR count). The largest absolute Gasteiger partial charge is 0.457 e. The van der Waals surface area contributed by atoms with Gasteiger partial charge in [0.05, 0.1) is 4.90 Å². The number of rotatable bonds is 8. The van der Waals surface area contributed by atoms with Crippen molar-refractivity contribution in [2.24, 2.45) is 5.92 Å². The Balaban J connectivity index is 0.000000324. The van der Waals surface area contributed by atoms with Crippen LogP contribution >= 0.6 is 11.6 Å². The van der Waals surface area contributed by atoms with Crippen molar-refractivity contribution in [3.8, 4) is 11.5 Å². The van der Waals surface area contributed by atoms with Gasteiger partial charge in [-0.05, 0) is 106 Å². The van der Waals surface area contributed by atoms with E-state index >= 15 is 0 Å². The van der Waals surface area contributed by atoms with Gasteiger partial charge in [0.2, 0.25) is 5.91 Å². The molecular weight excluding hydrogens is 584 g/mol. The molecule has 1 aliphatic rings. The zero-order chi connectivity index (χ0) is 31.0. The Bertz CT molecular complexity index is 1610. The van der Waals surface area contributed by atoms with Crippen molar-refractivity contribution in [2.45, 2.75) is 31.1 Å². The van der Waals surface area contributed by atoms with Gasteiger partial charge in [-0.3, -0.25) is 9.35 Å². The number of fused-ring (bicyclic) bond motifs is 1. The third-order valence-electron chi connectivity index (χ3n) is 7.08. The Labute approximate surface area is 259 Å². The first kappa shape index (κ1) is 32.2. The number of amides is 1. The molecule has 7 nitrogen and oxygen atoms in total. The molecule has 0 aromatic heterocycles. The van der Waals surface area contributed by atoms with Crippen LogP contribution in [0.5, 0.6) is 11.5 Å². The molecule has 1 unspecified atom stereocenters. The average Bonchev–Trinajstić information content (AvgIpc) is 2.97. The van der Waals surface area contributed by atoms with Gasteiger partial charge < -0.3 is 14.5 Å². The Morgan fingerprint density at radius 1 is 0.930 bits per heavy atom. The Morgan fingerprint density at radius 3 is 2.14 bits per heavy atom. The van der Waals surface area contributed by atoms with Crippen LogP contribution in [-0.4, -0.2) is 51.0 Å². The summed E-state index contributed by atoms with van der Waals surface area (Å²) in [5.41, 5.74) is 4.41. The van der Waals surface area contributed by atoms with Gasteiger partial charge in [-0.25, -0.2) is 0 Å². The Morgan fingerprint density at radius 2 is 1.53 bits per heavy atom. The summed E-state index contributed by atoms with van der Waals surface area (Å²) in [6.07, 6.45) is 2.21. The summed E-state index contributed by atoms with van der Waals surface area (Å²) in [4.78, 5) is 17.3. The van der Waals surface area contributed by atoms with Crippen LogP contribution < -0.4 is 9.64 Å². The molecule has 0 radical (unpaired) electrons. The highest BCUT2D eigenvalue weighted by molar-refractivity contribution is 7.85. The van der Waals surface area contributed by atoms with E-state index in [0.29, 0.717) is 23.8 Å². The first-order chi connectivity index (χ1) is 20.5. The van der Waals surface area contributed by atoms with E-state index in [1.165, 1.54) is 17.7 Å². The average molecular weight is 621 g/mol. The molecule has 1 heterocycles. The fourth-order valence-corrected chi connectivity index (χ4v) is 5.62. The van der Waals surface area contributed by atoms with Crippen molar-refractivity contribution in [1.82, 2.24) is 4.90 Å². The van der Waals surface area contributed by atoms with Gasteiger partial charge >= 0.3 is 0 Å². The summed E-state index contributed by atoms with van der Waals surface area (Å²) in [5, 5.41) is 0.682. The minimum atomic E-state index is -4.02. The summed E-state index contributed by atoms with van der Waals surface area (Å²) < 4.78 is 35.4. The first-order valence-electron chi connectivity index (χ1n) is 14.1. The maximum absolute atomic E-state index is 13.2. The monoisotopic (exact) mass is 620 g/mol. The van der Waals surface area contributed by atoms with E-state index in [1.54, 1.807) is 24.3 Å². The zero-order valence-corrected chi connectivity index (χ0v) is 26.2. The van der Waals surface area contributed by atoms with E-state index in [-0.39, 0.29) is 10.8 Å². The van der Waals surface area contributed by atoms with E-state index in [4.69, 9.17) is 20.9 Å². The van der Waals surface area contributed by atoms with Crippen molar-refractivity contribution >= 4 is 33.3 Å². The van der Waals surface area contributed by atoms with Gasteiger partial charge in [-0.15, -0.1) is 0 Å². The molecular formula is C34H37ClN2O5S. The molecule has 0 fully saturated rings. The summed E-state index contributed by atoms with van der Waals surface area (Å²) in [5.74, 6) is 2.14. The van der Waals surface area contributed by atoms with Crippen molar-refractivity contribution < 1.29 is 22.5 Å². The van der Waals surface area contributed by atoms with Gasteiger partial charge in [0, 0.05) is 30.2 Å². The molecule has 43 heavy (non-hydrogen) atoms. The van der Waals surface area contributed by atoms with Crippen LogP contribution in [0, 0.1) is 12.8 Å². The number of hydrogen-bond donors (Lipinski definition) is 1.